The quantitative estimate of drug-likeness (QED) is 0.467. The van der Waals surface area contributed by atoms with Gasteiger partial charge in [-0.2, -0.15) is 5.10 Å². The van der Waals surface area contributed by atoms with Crippen molar-refractivity contribution in [1.29, 1.82) is 0 Å². The van der Waals surface area contributed by atoms with Crippen LogP contribution in [0.5, 0.6) is 0 Å². The first-order valence-corrected chi connectivity index (χ1v) is 10.2. The molecule has 0 saturated carbocycles. The Kier molecular flexibility index (Phi) is 6.29. The molecule has 0 aliphatic carbocycles. The maximum atomic E-state index is 8.36. The van der Waals surface area contributed by atoms with Crippen molar-refractivity contribution in [2.45, 2.75) is 19.4 Å². The van der Waals surface area contributed by atoms with Crippen LogP contribution in [0.15, 0.2) is 48.9 Å². The van der Waals surface area contributed by atoms with Gasteiger partial charge < -0.3 is 14.4 Å². The number of carboxylic acid groups (broad SMARTS) is 1. The van der Waals surface area contributed by atoms with Crippen LogP contribution in [0.2, 0.25) is 5.02 Å². The number of hydrogen-bond acceptors (Lipinski definition) is 5. The molecule has 8 nitrogen and oxygen atoms in total. The fraction of sp³-hybridized carbons (Fsp3) is 0.273. The molecule has 4 heterocycles. The van der Waals surface area contributed by atoms with Gasteiger partial charge in [0.1, 0.15) is 5.69 Å². The highest BCUT2D eigenvalue weighted by Gasteiger charge is 2.32. The molecule has 1 aliphatic heterocycles. The topological polar surface area (TPSA) is 106 Å². The minimum atomic E-state index is -0.250. The number of ether oxygens (including phenoxy) is 1. The van der Waals surface area contributed by atoms with E-state index in [1.807, 2.05) is 25.4 Å². The first-order chi connectivity index (χ1) is 15.1. The third kappa shape index (κ3) is 4.17. The number of benzene rings is 1. The summed E-state index contributed by atoms with van der Waals surface area (Å²) >= 11 is 6.43. The summed E-state index contributed by atoms with van der Waals surface area (Å²) < 4.78 is 8.03. The Hall–Kier alpha value is -3.23. The Labute approximate surface area is 183 Å². The SMILES string of the molecule is Cc1[nH]nc(-c2nccn2[C@@H]2COC[C@@H]2Cc2ccnc3ccccc23)c1Cl.O=CO. The molecule has 5 rings (SSSR count). The van der Waals surface area contributed by atoms with Crippen molar-refractivity contribution in [3.63, 3.8) is 0 Å². The second kappa shape index (κ2) is 9.28. The van der Waals surface area contributed by atoms with E-state index in [0.717, 1.165) is 23.5 Å². The van der Waals surface area contributed by atoms with Crippen LogP contribution < -0.4 is 0 Å². The van der Waals surface area contributed by atoms with E-state index < -0.39 is 0 Å². The highest BCUT2D eigenvalue weighted by atomic mass is 35.5. The molecule has 160 valence electrons. The first kappa shape index (κ1) is 21.0. The molecular weight excluding hydrogens is 418 g/mol. The lowest BCUT2D eigenvalue weighted by Crippen LogP contribution is -2.20. The van der Waals surface area contributed by atoms with Gasteiger partial charge in [-0.15, -0.1) is 0 Å². The Morgan fingerprint density at radius 2 is 2.06 bits per heavy atom. The van der Waals surface area contributed by atoms with Gasteiger partial charge in [0.25, 0.3) is 6.47 Å². The summed E-state index contributed by atoms with van der Waals surface area (Å²) in [7, 11) is 0. The number of nitrogens with zero attached hydrogens (tertiary/aromatic N) is 4. The van der Waals surface area contributed by atoms with E-state index in [1.54, 1.807) is 6.20 Å². The summed E-state index contributed by atoms with van der Waals surface area (Å²) in [4.78, 5) is 17.4. The van der Waals surface area contributed by atoms with E-state index in [-0.39, 0.29) is 12.5 Å². The average Bonchev–Trinajstić information content (AvgIpc) is 3.50. The van der Waals surface area contributed by atoms with Crippen molar-refractivity contribution in [1.82, 2.24) is 24.7 Å². The molecule has 0 bridgehead atoms. The summed E-state index contributed by atoms with van der Waals surface area (Å²) in [5.74, 6) is 1.10. The third-order valence-corrected chi connectivity index (χ3v) is 5.96. The van der Waals surface area contributed by atoms with Gasteiger partial charge in [-0.05, 0) is 31.0 Å². The Morgan fingerprint density at radius 3 is 2.84 bits per heavy atom. The van der Waals surface area contributed by atoms with Crippen molar-refractivity contribution in [2.24, 2.45) is 5.92 Å². The molecular formula is C22H22ClN5O3. The summed E-state index contributed by atoms with van der Waals surface area (Å²) in [5, 5.41) is 16.0. The lowest BCUT2D eigenvalue weighted by atomic mass is 9.93. The predicted molar refractivity (Wildman–Crippen MR) is 117 cm³/mol. The Balaban J connectivity index is 0.000000730. The number of aromatic nitrogens is 5. The highest BCUT2D eigenvalue weighted by Crippen LogP contribution is 2.35. The zero-order chi connectivity index (χ0) is 21.8. The van der Waals surface area contributed by atoms with E-state index in [9.17, 15) is 0 Å². The minimum absolute atomic E-state index is 0.178. The minimum Gasteiger partial charge on any atom is -0.483 e. The van der Waals surface area contributed by atoms with E-state index in [2.05, 4.69) is 49.0 Å². The molecule has 0 spiro atoms. The molecule has 0 radical (unpaired) electrons. The van der Waals surface area contributed by atoms with Crippen LogP contribution in [0.1, 0.15) is 17.3 Å². The van der Waals surface area contributed by atoms with Crippen molar-refractivity contribution in [2.75, 3.05) is 13.2 Å². The van der Waals surface area contributed by atoms with Crippen LogP contribution in [-0.2, 0) is 16.0 Å². The lowest BCUT2D eigenvalue weighted by Gasteiger charge is -2.21. The second-order valence-corrected chi connectivity index (χ2v) is 7.71. The third-order valence-electron chi connectivity index (χ3n) is 5.50. The summed E-state index contributed by atoms with van der Waals surface area (Å²) in [6.45, 7) is 3.02. The van der Waals surface area contributed by atoms with Gasteiger partial charge in [-0.25, -0.2) is 4.98 Å². The van der Waals surface area contributed by atoms with Gasteiger partial charge in [-0.1, -0.05) is 29.8 Å². The van der Waals surface area contributed by atoms with E-state index in [1.165, 1.54) is 10.9 Å². The molecule has 1 saturated heterocycles. The van der Waals surface area contributed by atoms with Crippen molar-refractivity contribution in [3.05, 3.63) is 65.2 Å². The van der Waals surface area contributed by atoms with Gasteiger partial charge in [-0.3, -0.25) is 14.9 Å². The standard InChI is InChI=1S/C21H20ClN5O.CH2O2/c1-13-19(22)20(26-25-13)21-24-8-9-27(21)18-12-28-11-15(18)10-14-6-7-23-17-5-3-2-4-16(14)17;2-1-3/h2-9,15,18H,10-12H2,1H3,(H,25,26);1H,(H,2,3)/t15-,18+;/m0./s1. The number of halogens is 1. The van der Waals surface area contributed by atoms with Crippen LogP contribution in [-0.4, -0.2) is 49.5 Å². The van der Waals surface area contributed by atoms with E-state index >= 15 is 0 Å². The number of hydrogen-bond donors (Lipinski definition) is 2. The largest absolute Gasteiger partial charge is 0.483 e. The molecule has 31 heavy (non-hydrogen) atoms. The lowest BCUT2D eigenvalue weighted by molar-refractivity contribution is -0.122. The highest BCUT2D eigenvalue weighted by molar-refractivity contribution is 6.33. The number of carbonyl (C=O) groups is 1. The summed E-state index contributed by atoms with van der Waals surface area (Å²) in [6, 6.07) is 10.6. The van der Waals surface area contributed by atoms with Crippen LogP contribution in [0, 0.1) is 12.8 Å². The van der Waals surface area contributed by atoms with Crippen LogP contribution in [0.4, 0.5) is 0 Å². The first-order valence-electron chi connectivity index (χ1n) is 9.86. The molecule has 9 heteroatoms. The molecule has 3 aromatic heterocycles. The van der Waals surface area contributed by atoms with Gasteiger partial charge >= 0.3 is 0 Å². The second-order valence-electron chi connectivity index (χ2n) is 7.33. The average molecular weight is 440 g/mol. The maximum Gasteiger partial charge on any atom is 0.290 e. The summed E-state index contributed by atoms with van der Waals surface area (Å²) in [6.07, 6.45) is 6.59. The van der Waals surface area contributed by atoms with Crippen LogP contribution in [0.3, 0.4) is 0 Å². The zero-order valence-electron chi connectivity index (χ0n) is 16.9. The number of nitrogens with one attached hydrogen (secondary N) is 1. The molecule has 2 N–H and O–H groups in total. The van der Waals surface area contributed by atoms with Gasteiger partial charge in [0.05, 0.1) is 35.5 Å². The normalized spacial score (nSPS) is 18.0. The van der Waals surface area contributed by atoms with E-state index in [4.69, 9.17) is 26.2 Å². The molecule has 0 unspecified atom stereocenters. The summed E-state index contributed by atoms with van der Waals surface area (Å²) in [5.41, 5.74) is 3.84. The van der Waals surface area contributed by atoms with Crippen molar-refractivity contribution >= 4 is 29.0 Å². The molecule has 1 aliphatic rings. The molecule has 2 atom stereocenters. The number of rotatable bonds is 4. The number of aryl methyl sites for hydroxylation is 1. The Morgan fingerprint density at radius 1 is 1.26 bits per heavy atom. The number of aromatic amines is 1. The Bertz CT molecular complexity index is 1180. The van der Waals surface area contributed by atoms with Crippen LogP contribution >= 0.6 is 11.6 Å². The zero-order valence-corrected chi connectivity index (χ0v) is 17.7. The smallest absolute Gasteiger partial charge is 0.290 e. The predicted octanol–water partition coefficient (Wildman–Crippen LogP) is 3.91. The number of fused-ring (bicyclic) bond motifs is 1. The number of H-pyrrole nitrogens is 1. The van der Waals surface area contributed by atoms with Gasteiger partial charge in [0.15, 0.2) is 5.82 Å². The van der Waals surface area contributed by atoms with Crippen molar-refractivity contribution in [3.8, 4) is 11.5 Å². The molecule has 4 aromatic rings. The van der Waals surface area contributed by atoms with Crippen molar-refractivity contribution < 1.29 is 14.6 Å². The van der Waals surface area contributed by atoms with E-state index in [0.29, 0.717) is 29.8 Å². The maximum absolute atomic E-state index is 8.36. The fourth-order valence-corrected chi connectivity index (χ4v) is 4.20. The van der Waals surface area contributed by atoms with Gasteiger partial charge in [0, 0.05) is 29.9 Å². The number of imidazole rings is 1. The number of para-hydroxylation sites is 1. The molecule has 1 aromatic carbocycles. The van der Waals surface area contributed by atoms with Crippen LogP contribution in [0.25, 0.3) is 22.4 Å². The van der Waals surface area contributed by atoms with Gasteiger partial charge in [0.2, 0.25) is 0 Å². The molecule has 1 fully saturated rings. The number of pyridine rings is 1. The monoisotopic (exact) mass is 439 g/mol. The molecule has 0 amide bonds. The fourth-order valence-electron chi connectivity index (χ4n) is 4.03.